The van der Waals surface area contributed by atoms with E-state index in [1.807, 2.05) is 52.3 Å². The largest absolute Gasteiger partial charge is 0.494 e. The van der Waals surface area contributed by atoms with E-state index in [2.05, 4.69) is 30.4 Å². The summed E-state index contributed by atoms with van der Waals surface area (Å²) in [4.78, 5) is 13.1. The fourth-order valence-corrected chi connectivity index (χ4v) is 4.97. The Balaban J connectivity index is 1.90. The zero-order valence-corrected chi connectivity index (χ0v) is 23.5. The highest BCUT2D eigenvalue weighted by Crippen LogP contribution is 2.40. The van der Waals surface area contributed by atoms with Crippen LogP contribution in [0.15, 0.2) is 36.5 Å². The number of nitrogens with one attached hydrogen (secondary N) is 2. The molecule has 2 aromatic carbocycles. The number of likely N-dealkylation sites (N-methyl/N-ethyl adjacent to an activating group) is 2. The third-order valence-corrected chi connectivity index (χ3v) is 7.43. The molecule has 4 N–H and O–H groups in total. The summed E-state index contributed by atoms with van der Waals surface area (Å²) in [6.07, 6.45) is 1.50. The third kappa shape index (κ3) is 6.81. The standard InChI is InChI=1S/C25H35ClN7O2P/c1-16-8-9-19(23(12-16)36(6,7)34)29-24-17(26)15-28-25(31-24)30-20-13-18(27)21(14-22(20)35-5)33(4)11-10-32(2)3/h8-9,12-15H,10-11,27H2,1-7H3,(H2,28,29,30,31). The van der Waals surface area contributed by atoms with Crippen LogP contribution < -0.4 is 31.3 Å². The van der Waals surface area contributed by atoms with Crippen molar-refractivity contribution in [2.24, 2.45) is 0 Å². The molecule has 11 heteroatoms. The Morgan fingerprint density at radius 3 is 2.44 bits per heavy atom. The summed E-state index contributed by atoms with van der Waals surface area (Å²) in [7, 11) is 5.11. The van der Waals surface area contributed by atoms with Crippen LogP contribution in [0.2, 0.25) is 5.02 Å². The van der Waals surface area contributed by atoms with Crippen LogP contribution >= 0.6 is 18.7 Å². The lowest BCUT2D eigenvalue weighted by atomic mass is 10.2. The molecule has 3 rings (SSSR count). The third-order valence-electron chi connectivity index (χ3n) is 5.62. The monoisotopic (exact) mass is 531 g/mol. The van der Waals surface area contributed by atoms with Gasteiger partial charge in [0.15, 0.2) is 5.82 Å². The molecule has 0 saturated heterocycles. The van der Waals surface area contributed by atoms with Crippen molar-refractivity contribution in [1.29, 1.82) is 0 Å². The number of anilines is 6. The predicted octanol–water partition coefficient (Wildman–Crippen LogP) is 4.76. The molecule has 0 aliphatic carbocycles. The van der Waals surface area contributed by atoms with Gasteiger partial charge in [-0.3, -0.25) is 0 Å². The lowest BCUT2D eigenvalue weighted by Crippen LogP contribution is -2.29. The Morgan fingerprint density at radius 1 is 1.08 bits per heavy atom. The Morgan fingerprint density at radius 2 is 1.81 bits per heavy atom. The molecule has 9 nitrogen and oxygen atoms in total. The van der Waals surface area contributed by atoms with Gasteiger partial charge in [0.05, 0.1) is 36.1 Å². The number of aromatic nitrogens is 2. The molecule has 0 atom stereocenters. The highest BCUT2D eigenvalue weighted by atomic mass is 35.5. The average Bonchev–Trinajstić information content (AvgIpc) is 2.80. The van der Waals surface area contributed by atoms with Gasteiger partial charge in [-0.15, -0.1) is 0 Å². The van der Waals surface area contributed by atoms with Crippen LogP contribution in [0.1, 0.15) is 5.56 Å². The number of benzene rings is 2. The van der Waals surface area contributed by atoms with Crippen LogP contribution in [0, 0.1) is 6.92 Å². The van der Waals surface area contributed by atoms with E-state index in [-0.39, 0.29) is 0 Å². The molecule has 0 amide bonds. The molecule has 0 aliphatic heterocycles. The van der Waals surface area contributed by atoms with E-state index in [0.29, 0.717) is 39.6 Å². The Hall–Kier alpha value is -3.00. The van der Waals surface area contributed by atoms with Gasteiger partial charge in [0.25, 0.3) is 0 Å². The van der Waals surface area contributed by atoms with Crippen molar-refractivity contribution in [3.05, 3.63) is 47.1 Å². The molecule has 0 aliphatic rings. The number of aryl methyl sites for hydroxylation is 1. The first-order valence-corrected chi connectivity index (χ1v) is 14.4. The molecule has 36 heavy (non-hydrogen) atoms. The number of nitrogen functional groups attached to an aromatic ring is 1. The first kappa shape index (κ1) is 27.6. The van der Waals surface area contributed by atoms with Crippen LogP contribution in [-0.2, 0) is 4.57 Å². The average molecular weight is 532 g/mol. The number of ether oxygens (including phenoxy) is 1. The summed E-state index contributed by atoms with van der Waals surface area (Å²) in [5.41, 5.74) is 10.2. The van der Waals surface area contributed by atoms with Crippen LogP contribution in [0.5, 0.6) is 5.75 Å². The van der Waals surface area contributed by atoms with E-state index >= 15 is 0 Å². The highest BCUT2D eigenvalue weighted by Gasteiger charge is 2.19. The molecule has 0 saturated carbocycles. The molecule has 3 aromatic rings. The van der Waals surface area contributed by atoms with Crippen molar-refractivity contribution in [3.8, 4) is 5.75 Å². The summed E-state index contributed by atoms with van der Waals surface area (Å²) in [5.74, 6) is 1.29. The van der Waals surface area contributed by atoms with Gasteiger partial charge in [-0.2, -0.15) is 4.98 Å². The maximum atomic E-state index is 12.9. The van der Waals surface area contributed by atoms with E-state index < -0.39 is 7.14 Å². The van der Waals surface area contributed by atoms with Crippen LogP contribution in [-0.4, -0.2) is 69.5 Å². The van der Waals surface area contributed by atoms with Gasteiger partial charge < -0.3 is 35.5 Å². The van der Waals surface area contributed by atoms with Crippen LogP contribution in [0.3, 0.4) is 0 Å². The summed E-state index contributed by atoms with van der Waals surface area (Å²) < 4.78 is 18.5. The van der Waals surface area contributed by atoms with Crippen LogP contribution in [0.25, 0.3) is 0 Å². The minimum atomic E-state index is -2.54. The molecular formula is C25H35ClN7O2P. The van der Waals surface area contributed by atoms with E-state index in [4.69, 9.17) is 22.1 Å². The minimum Gasteiger partial charge on any atom is -0.494 e. The zero-order valence-electron chi connectivity index (χ0n) is 21.9. The first-order valence-electron chi connectivity index (χ1n) is 11.4. The van der Waals surface area contributed by atoms with Gasteiger partial charge in [-0.05, 0) is 52.5 Å². The summed E-state index contributed by atoms with van der Waals surface area (Å²) >= 11 is 6.40. The van der Waals surface area contributed by atoms with Crippen molar-refractivity contribution in [2.75, 3.05) is 75.9 Å². The topological polar surface area (TPSA) is 109 Å². The number of hydrogen-bond acceptors (Lipinski definition) is 9. The molecule has 0 fully saturated rings. The Labute approximate surface area is 218 Å². The fraction of sp³-hybridized carbons (Fsp3) is 0.360. The number of halogens is 1. The van der Waals surface area contributed by atoms with Gasteiger partial charge in [0, 0.05) is 31.5 Å². The number of rotatable bonds is 10. The second-order valence-electron chi connectivity index (χ2n) is 9.35. The first-order chi connectivity index (χ1) is 16.9. The van der Waals surface area contributed by atoms with E-state index in [0.717, 1.165) is 29.6 Å². The van der Waals surface area contributed by atoms with Crippen molar-refractivity contribution in [1.82, 2.24) is 14.9 Å². The summed E-state index contributed by atoms with van der Waals surface area (Å²) in [5, 5.41) is 7.47. The van der Waals surface area contributed by atoms with Crippen molar-refractivity contribution in [2.45, 2.75) is 6.92 Å². The Bertz CT molecular complexity index is 1280. The maximum absolute atomic E-state index is 12.9. The van der Waals surface area contributed by atoms with Gasteiger partial charge in [0.1, 0.15) is 17.9 Å². The molecule has 1 heterocycles. The molecule has 0 unspecified atom stereocenters. The Kier molecular flexibility index (Phi) is 8.71. The van der Waals surface area contributed by atoms with Crippen molar-refractivity contribution < 1.29 is 9.30 Å². The molecule has 194 valence electrons. The van der Waals surface area contributed by atoms with Gasteiger partial charge in [-0.1, -0.05) is 23.2 Å². The second-order valence-corrected chi connectivity index (χ2v) is 12.9. The zero-order chi connectivity index (χ0) is 26.6. The minimum absolute atomic E-state index is 0.304. The summed E-state index contributed by atoms with van der Waals surface area (Å²) in [6, 6.07) is 9.43. The molecule has 0 radical (unpaired) electrons. The van der Waals surface area contributed by atoms with Crippen molar-refractivity contribution in [3.63, 3.8) is 0 Å². The molecular weight excluding hydrogens is 497 g/mol. The maximum Gasteiger partial charge on any atom is 0.229 e. The number of nitrogens with two attached hydrogens (primary N) is 1. The molecule has 1 aromatic heterocycles. The summed E-state index contributed by atoms with van der Waals surface area (Å²) in [6.45, 7) is 7.14. The normalized spacial score (nSPS) is 11.5. The number of methoxy groups -OCH3 is 1. The van der Waals surface area contributed by atoms with E-state index in [1.54, 1.807) is 26.5 Å². The molecule has 0 bridgehead atoms. The number of nitrogens with zero attached hydrogens (tertiary/aromatic N) is 4. The quantitative estimate of drug-likeness (QED) is 0.252. The smallest absolute Gasteiger partial charge is 0.229 e. The van der Waals surface area contributed by atoms with Crippen LogP contribution in [0.4, 0.5) is 34.5 Å². The lowest BCUT2D eigenvalue weighted by molar-refractivity contribution is 0.413. The van der Waals surface area contributed by atoms with Gasteiger partial charge in [-0.25, -0.2) is 4.98 Å². The number of hydrogen-bond donors (Lipinski definition) is 3. The lowest BCUT2D eigenvalue weighted by Gasteiger charge is -2.24. The van der Waals surface area contributed by atoms with Gasteiger partial charge in [0.2, 0.25) is 5.95 Å². The van der Waals surface area contributed by atoms with E-state index in [1.165, 1.54) is 6.20 Å². The van der Waals surface area contributed by atoms with E-state index in [9.17, 15) is 4.57 Å². The van der Waals surface area contributed by atoms with Crippen molar-refractivity contribution >= 4 is 58.6 Å². The fourth-order valence-electron chi connectivity index (χ4n) is 3.61. The molecule has 0 spiro atoms. The SMILES string of the molecule is COc1cc(N(C)CCN(C)C)c(N)cc1Nc1ncc(Cl)c(Nc2ccc(C)cc2P(C)(C)=O)n1. The highest BCUT2D eigenvalue weighted by molar-refractivity contribution is 7.70. The second kappa shape index (κ2) is 11.4. The van der Waals surface area contributed by atoms with Gasteiger partial charge >= 0.3 is 0 Å². The predicted molar refractivity (Wildman–Crippen MR) is 153 cm³/mol.